The average molecular weight is 121 g/mol. The second-order valence-corrected chi connectivity index (χ2v) is 1.41. The van der Waals surface area contributed by atoms with Crippen LogP contribution in [0.2, 0.25) is 0 Å². The minimum absolute atomic E-state index is 0.660. The molecule has 0 atom stereocenters. The van der Waals surface area contributed by atoms with Crippen LogP contribution < -0.4 is 0 Å². The Balaban J connectivity index is 3.33. The van der Waals surface area contributed by atoms with Crippen molar-refractivity contribution in [3.63, 3.8) is 0 Å². The molecule has 0 aliphatic heterocycles. The number of halogens is 1. The number of nitrogens with zero attached hydrogens (tertiary/aromatic N) is 1. The summed E-state index contributed by atoms with van der Waals surface area (Å²) >= 11 is 0. The summed E-state index contributed by atoms with van der Waals surface area (Å²) in [4.78, 5) is 11.4. The van der Waals surface area contributed by atoms with Crippen LogP contribution in [0.15, 0.2) is 0 Å². The van der Waals surface area contributed by atoms with Gasteiger partial charge in [0.1, 0.15) is 0 Å². The van der Waals surface area contributed by atoms with E-state index in [1.807, 2.05) is 0 Å². The summed E-state index contributed by atoms with van der Waals surface area (Å²) in [5, 5.41) is 0. The summed E-state index contributed by atoms with van der Waals surface area (Å²) in [7, 11) is 2.97. The van der Waals surface area contributed by atoms with E-state index in [1.165, 1.54) is 14.1 Å². The average Bonchev–Trinajstić information content (AvgIpc) is 1.67. The number of amides is 1. The summed E-state index contributed by atoms with van der Waals surface area (Å²) in [6.07, 6.45) is -0.660. The van der Waals surface area contributed by atoms with Crippen molar-refractivity contribution in [2.45, 2.75) is 0 Å². The van der Waals surface area contributed by atoms with E-state index in [9.17, 15) is 9.18 Å². The third-order valence-corrected chi connectivity index (χ3v) is 0.543. The van der Waals surface area contributed by atoms with Crippen LogP contribution in [-0.2, 0) is 4.74 Å². The molecule has 3 nitrogen and oxygen atoms in total. The Morgan fingerprint density at radius 1 is 1.75 bits per heavy atom. The third kappa shape index (κ3) is 2.39. The van der Waals surface area contributed by atoms with Gasteiger partial charge < -0.3 is 9.64 Å². The molecule has 0 spiro atoms. The highest BCUT2D eigenvalue weighted by molar-refractivity contribution is 5.66. The quantitative estimate of drug-likeness (QED) is 0.508. The van der Waals surface area contributed by atoms with Gasteiger partial charge in [-0.3, -0.25) is 0 Å². The van der Waals surface area contributed by atoms with Crippen molar-refractivity contribution in [3.8, 4) is 0 Å². The van der Waals surface area contributed by atoms with Gasteiger partial charge in [-0.15, -0.1) is 0 Å². The zero-order chi connectivity index (χ0) is 6.57. The fraction of sp³-hybridized carbons (Fsp3) is 0.750. The van der Waals surface area contributed by atoms with Crippen molar-refractivity contribution in [2.75, 3.05) is 21.0 Å². The largest absolute Gasteiger partial charge is 0.417 e. The van der Waals surface area contributed by atoms with Crippen molar-refractivity contribution in [1.29, 1.82) is 0 Å². The topological polar surface area (TPSA) is 29.5 Å². The highest BCUT2D eigenvalue weighted by Gasteiger charge is 2.01. The van der Waals surface area contributed by atoms with Crippen LogP contribution in [0.25, 0.3) is 0 Å². The lowest BCUT2D eigenvalue weighted by molar-refractivity contribution is 0.0765. The van der Waals surface area contributed by atoms with E-state index in [0.717, 1.165) is 4.90 Å². The molecular weight excluding hydrogens is 113 g/mol. The molecule has 0 aromatic rings. The predicted molar refractivity (Wildman–Crippen MR) is 26.1 cm³/mol. The number of alkyl halides is 1. The molecule has 0 aliphatic carbocycles. The van der Waals surface area contributed by atoms with Crippen LogP contribution in [0.5, 0.6) is 0 Å². The van der Waals surface area contributed by atoms with Gasteiger partial charge in [-0.05, 0) is 0 Å². The standard InChI is InChI=1S/C4H8FNO2/c1-6(2)4(7)8-3-5/h3H2,1-2H3. The molecule has 1 amide bonds. The molecule has 4 heteroatoms. The maximum absolute atomic E-state index is 11.1. The summed E-state index contributed by atoms with van der Waals surface area (Å²) in [6, 6.07) is 0. The molecule has 8 heavy (non-hydrogen) atoms. The Morgan fingerprint density at radius 3 is 2.38 bits per heavy atom. The van der Waals surface area contributed by atoms with Gasteiger partial charge in [-0.25, -0.2) is 9.18 Å². The summed E-state index contributed by atoms with van der Waals surface area (Å²) in [5.74, 6) is 0. The second kappa shape index (κ2) is 3.23. The number of rotatable bonds is 1. The molecule has 0 bridgehead atoms. The fourth-order valence-electron chi connectivity index (χ4n) is 0.176. The molecular formula is C4H8FNO2. The molecule has 0 aromatic heterocycles. The fourth-order valence-corrected chi connectivity index (χ4v) is 0.176. The van der Waals surface area contributed by atoms with Crippen LogP contribution in [0.1, 0.15) is 0 Å². The molecule has 0 radical (unpaired) electrons. The van der Waals surface area contributed by atoms with E-state index in [0.29, 0.717) is 0 Å². The number of ether oxygens (including phenoxy) is 1. The van der Waals surface area contributed by atoms with Gasteiger partial charge in [0.15, 0.2) is 0 Å². The SMILES string of the molecule is CN(C)C(=O)OCF. The summed E-state index contributed by atoms with van der Waals surface area (Å²) in [6.45, 7) is -1.06. The van der Waals surface area contributed by atoms with Gasteiger partial charge >= 0.3 is 6.09 Å². The maximum Gasteiger partial charge on any atom is 0.411 e. The Labute approximate surface area is 47.0 Å². The molecule has 0 saturated carbocycles. The molecule has 0 heterocycles. The molecule has 0 aliphatic rings. The molecule has 48 valence electrons. The number of hydrogen-bond donors (Lipinski definition) is 0. The first kappa shape index (κ1) is 7.20. The van der Waals surface area contributed by atoms with E-state index in [4.69, 9.17) is 0 Å². The molecule has 0 saturated heterocycles. The molecule has 0 aromatic carbocycles. The summed E-state index contributed by atoms with van der Waals surface area (Å²) < 4.78 is 15.1. The lowest BCUT2D eigenvalue weighted by atomic mass is 10.9. The zero-order valence-electron chi connectivity index (χ0n) is 4.85. The predicted octanol–water partition coefficient (Wildman–Crippen LogP) is 0.612. The smallest absolute Gasteiger partial charge is 0.411 e. The van der Waals surface area contributed by atoms with Crippen LogP contribution in [0, 0.1) is 0 Å². The van der Waals surface area contributed by atoms with E-state index in [2.05, 4.69) is 4.74 Å². The van der Waals surface area contributed by atoms with Crippen LogP contribution >= 0.6 is 0 Å². The van der Waals surface area contributed by atoms with Gasteiger partial charge in [0.2, 0.25) is 6.86 Å². The Bertz CT molecular complexity index is 84.1. The molecule has 0 fully saturated rings. The Morgan fingerprint density at radius 2 is 2.25 bits per heavy atom. The van der Waals surface area contributed by atoms with Gasteiger partial charge in [0, 0.05) is 14.1 Å². The van der Waals surface area contributed by atoms with E-state index >= 15 is 0 Å². The summed E-state index contributed by atoms with van der Waals surface area (Å²) in [5.41, 5.74) is 0. The van der Waals surface area contributed by atoms with Crippen LogP contribution in [-0.4, -0.2) is 31.9 Å². The number of hydrogen-bond acceptors (Lipinski definition) is 2. The third-order valence-electron chi connectivity index (χ3n) is 0.543. The van der Waals surface area contributed by atoms with E-state index < -0.39 is 13.0 Å². The number of carbonyl (C=O) groups excluding carboxylic acids is 1. The van der Waals surface area contributed by atoms with Crippen molar-refractivity contribution < 1.29 is 13.9 Å². The van der Waals surface area contributed by atoms with Crippen LogP contribution in [0.4, 0.5) is 9.18 Å². The van der Waals surface area contributed by atoms with Gasteiger partial charge in [-0.2, -0.15) is 0 Å². The molecule has 0 N–H and O–H groups in total. The first-order chi connectivity index (χ1) is 3.68. The van der Waals surface area contributed by atoms with Crippen molar-refractivity contribution in [3.05, 3.63) is 0 Å². The highest BCUT2D eigenvalue weighted by atomic mass is 19.1. The lowest BCUT2D eigenvalue weighted by Gasteiger charge is -2.06. The monoisotopic (exact) mass is 121 g/mol. The lowest BCUT2D eigenvalue weighted by Crippen LogP contribution is -2.22. The zero-order valence-corrected chi connectivity index (χ0v) is 4.85. The molecule has 0 unspecified atom stereocenters. The highest BCUT2D eigenvalue weighted by Crippen LogP contribution is 1.83. The minimum atomic E-state index is -1.06. The first-order valence-electron chi connectivity index (χ1n) is 2.08. The Kier molecular flexibility index (Phi) is 2.91. The maximum atomic E-state index is 11.1. The van der Waals surface area contributed by atoms with E-state index in [-0.39, 0.29) is 0 Å². The number of carbonyl (C=O) groups is 1. The second-order valence-electron chi connectivity index (χ2n) is 1.41. The first-order valence-corrected chi connectivity index (χ1v) is 2.08. The Hall–Kier alpha value is -0.800. The van der Waals surface area contributed by atoms with Crippen LogP contribution in [0.3, 0.4) is 0 Å². The normalized spacial score (nSPS) is 8.38. The van der Waals surface area contributed by atoms with E-state index in [1.54, 1.807) is 0 Å². The molecule has 0 rings (SSSR count). The van der Waals surface area contributed by atoms with Gasteiger partial charge in [0.25, 0.3) is 0 Å². The minimum Gasteiger partial charge on any atom is -0.417 e. The van der Waals surface area contributed by atoms with Crippen molar-refractivity contribution >= 4 is 6.09 Å². The van der Waals surface area contributed by atoms with Crippen molar-refractivity contribution in [1.82, 2.24) is 4.90 Å². The van der Waals surface area contributed by atoms with Crippen molar-refractivity contribution in [2.24, 2.45) is 0 Å². The van der Waals surface area contributed by atoms with Gasteiger partial charge in [0.05, 0.1) is 0 Å². The van der Waals surface area contributed by atoms with Gasteiger partial charge in [-0.1, -0.05) is 0 Å².